The van der Waals surface area contributed by atoms with E-state index in [1.807, 2.05) is 0 Å². The second-order valence-corrected chi connectivity index (χ2v) is 11.9. The molecule has 0 spiro atoms. The topological polar surface area (TPSA) is 0 Å². The van der Waals surface area contributed by atoms with Gasteiger partial charge in [-0.25, -0.2) is 0 Å². The van der Waals surface area contributed by atoms with E-state index in [9.17, 15) is 0 Å². The van der Waals surface area contributed by atoms with Crippen LogP contribution in [0.25, 0.3) is 0 Å². The van der Waals surface area contributed by atoms with Crippen molar-refractivity contribution in [3.05, 3.63) is 6.92 Å². The zero-order valence-corrected chi connectivity index (χ0v) is 13.7. The lowest BCUT2D eigenvalue weighted by Gasteiger charge is -2.08. The van der Waals surface area contributed by atoms with Crippen molar-refractivity contribution in [2.45, 2.75) is 46.5 Å². The van der Waals surface area contributed by atoms with Crippen LogP contribution >= 0.6 is 25.8 Å². The summed E-state index contributed by atoms with van der Waals surface area (Å²) in [5.41, 5.74) is 0. The molecule has 0 heterocycles. The highest BCUT2D eigenvalue weighted by atomic mass is 79.9. The highest BCUT2D eigenvalue weighted by molar-refractivity contribution is 9.47. The third kappa shape index (κ3) is 20.0. The van der Waals surface area contributed by atoms with E-state index in [4.69, 9.17) is 0 Å². The molecule has 0 amide bonds. The molecule has 0 aromatic carbocycles. The van der Waals surface area contributed by atoms with Crippen LogP contribution in [0.5, 0.6) is 0 Å². The molecule has 1 unspecified atom stereocenters. The van der Waals surface area contributed by atoms with Crippen LogP contribution in [0.4, 0.5) is 0 Å². The van der Waals surface area contributed by atoms with E-state index in [0.717, 1.165) is 18.3 Å². The molecular formula is C10H21Br2Mg. The molecule has 1 radical (unpaired) electrons. The molecule has 0 aliphatic rings. The lowest BCUT2D eigenvalue weighted by atomic mass is 9.98. The van der Waals surface area contributed by atoms with Crippen molar-refractivity contribution in [2.24, 2.45) is 11.8 Å². The normalized spacial score (nSPS) is 11.6. The van der Waals surface area contributed by atoms with Gasteiger partial charge in [0.15, 0.2) is 0 Å². The molecule has 0 bridgehead atoms. The third-order valence-electron chi connectivity index (χ3n) is 1.97. The minimum atomic E-state index is 0.0417. The average Bonchev–Trinajstić information content (AvgIpc) is 2.05. The van der Waals surface area contributed by atoms with Gasteiger partial charge in [-0.05, 0) is 11.8 Å². The monoisotopic (exact) mass is 323 g/mol. The maximum absolute atomic E-state index is 3.88. The molecule has 77 valence electrons. The van der Waals surface area contributed by atoms with Crippen molar-refractivity contribution in [1.82, 2.24) is 0 Å². The van der Waals surface area contributed by atoms with Crippen molar-refractivity contribution < 1.29 is 0 Å². The number of rotatable bonds is 5. The highest BCUT2D eigenvalue weighted by Crippen LogP contribution is 2.13. The molecule has 0 aromatic heterocycles. The molecular weight excluding hydrogens is 304 g/mol. The van der Waals surface area contributed by atoms with Gasteiger partial charge >= 0.3 is 16.0 Å². The predicted octanol–water partition coefficient (Wildman–Crippen LogP) is 4.98. The smallest absolute Gasteiger partial charge is 0.280 e. The van der Waals surface area contributed by atoms with E-state index in [2.05, 4.69) is 53.5 Å². The minimum absolute atomic E-state index is 0.0417. The van der Waals surface area contributed by atoms with Gasteiger partial charge in [-0.15, -0.1) is 0 Å². The van der Waals surface area contributed by atoms with E-state index < -0.39 is 0 Å². The summed E-state index contributed by atoms with van der Waals surface area (Å²) in [4.78, 5) is 0. The molecule has 13 heavy (non-hydrogen) atoms. The van der Waals surface area contributed by atoms with Gasteiger partial charge < -0.3 is 0 Å². The molecule has 3 heteroatoms. The van der Waals surface area contributed by atoms with Gasteiger partial charge in [-0.3, -0.25) is 25.8 Å². The molecule has 0 saturated carbocycles. The zero-order valence-electron chi connectivity index (χ0n) is 9.15. The first-order chi connectivity index (χ1) is 6.08. The van der Waals surface area contributed by atoms with Crippen LogP contribution in [0.2, 0.25) is 0 Å². The van der Waals surface area contributed by atoms with Crippen molar-refractivity contribution >= 4 is 41.8 Å². The fourth-order valence-electron chi connectivity index (χ4n) is 1.02. The standard InChI is InChI=1S/C10H21.2BrH.Mg/c1-5-10(4)8-6-7-9(2)3;;;/h9-10H,1,5-8H2,2-4H3;2*1H;/q;;;+2/p-2. The summed E-state index contributed by atoms with van der Waals surface area (Å²) in [7, 11) is 0. The summed E-state index contributed by atoms with van der Waals surface area (Å²) < 4.78 is 0. The minimum Gasteiger partial charge on any atom is -0.280 e. The summed E-state index contributed by atoms with van der Waals surface area (Å²) in [6.45, 7) is 10.7. The fourth-order valence-corrected chi connectivity index (χ4v) is 1.02. The Morgan fingerprint density at radius 2 is 1.62 bits per heavy atom. The van der Waals surface area contributed by atoms with Crippen molar-refractivity contribution in [3.63, 3.8) is 0 Å². The number of hydrogen-bond donors (Lipinski definition) is 0. The molecule has 0 saturated heterocycles. The second kappa shape index (κ2) is 13.7. The van der Waals surface area contributed by atoms with Gasteiger partial charge in [-0.2, -0.15) is 0 Å². The van der Waals surface area contributed by atoms with E-state index in [-0.39, 0.29) is 16.0 Å². The second-order valence-electron chi connectivity index (χ2n) is 3.82. The Morgan fingerprint density at radius 3 is 1.92 bits per heavy atom. The number of halogens is 2. The summed E-state index contributed by atoms with van der Waals surface area (Å²) in [5.74, 6) is 1.70. The Bertz CT molecular complexity index is 87.0. The summed E-state index contributed by atoms with van der Waals surface area (Å²) in [6, 6.07) is 0. The van der Waals surface area contributed by atoms with Crippen molar-refractivity contribution in [3.8, 4) is 0 Å². The predicted molar refractivity (Wildman–Crippen MR) is 71.4 cm³/mol. The van der Waals surface area contributed by atoms with E-state index >= 15 is 0 Å². The summed E-state index contributed by atoms with van der Waals surface area (Å²) in [6.07, 6.45) is 5.22. The van der Waals surface area contributed by atoms with E-state index in [1.54, 1.807) is 0 Å². The Labute approximate surface area is 106 Å². The summed E-state index contributed by atoms with van der Waals surface area (Å²) >= 11 is 6.44. The Morgan fingerprint density at radius 1 is 1.15 bits per heavy atom. The van der Waals surface area contributed by atoms with Crippen LogP contribution in [0.3, 0.4) is 0 Å². The first kappa shape index (κ1) is 17.1. The molecule has 0 aliphatic heterocycles. The van der Waals surface area contributed by atoms with Crippen LogP contribution in [0.15, 0.2) is 0 Å². The first-order valence-electron chi connectivity index (χ1n) is 4.99. The molecule has 0 aliphatic carbocycles. The molecule has 0 rings (SSSR count). The van der Waals surface area contributed by atoms with Gasteiger partial charge in [0, 0.05) is 0 Å². The Kier molecular flexibility index (Phi) is 18.1. The fraction of sp³-hybridized carbons (Fsp3) is 0.900. The van der Waals surface area contributed by atoms with Gasteiger partial charge in [-0.1, -0.05) is 53.4 Å². The van der Waals surface area contributed by atoms with Crippen LogP contribution in [0.1, 0.15) is 46.5 Å². The zero-order chi connectivity index (χ0) is 10.7. The SMILES string of the molecule is [Br][Mg][Br].[CH2]CC(C)CCCC(C)C. The first-order valence-corrected chi connectivity index (χ1v) is 12.8. The van der Waals surface area contributed by atoms with E-state index in [1.165, 1.54) is 19.3 Å². The van der Waals surface area contributed by atoms with Crippen LogP contribution in [-0.2, 0) is 0 Å². The van der Waals surface area contributed by atoms with Gasteiger partial charge in [0.25, 0.3) is 0 Å². The third-order valence-corrected chi connectivity index (χ3v) is 1.97. The lowest BCUT2D eigenvalue weighted by Crippen LogP contribution is -1.94. The largest absolute Gasteiger partial charge is 0.560 e. The van der Waals surface area contributed by atoms with Crippen LogP contribution < -0.4 is 0 Å². The molecule has 0 fully saturated rings. The maximum Gasteiger partial charge on any atom is 0.560 e. The maximum atomic E-state index is 3.88. The quantitative estimate of drug-likeness (QED) is 0.625. The number of hydrogen-bond acceptors (Lipinski definition) is 0. The van der Waals surface area contributed by atoms with Gasteiger partial charge in [0.1, 0.15) is 0 Å². The van der Waals surface area contributed by atoms with Crippen LogP contribution in [-0.4, -0.2) is 16.0 Å². The molecule has 0 N–H and O–H groups in total. The van der Waals surface area contributed by atoms with Gasteiger partial charge in [0.2, 0.25) is 0 Å². The summed E-state index contributed by atoms with van der Waals surface area (Å²) in [5, 5.41) is 0. The van der Waals surface area contributed by atoms with Crippen molar-refractivity contribution in [1.29, 1.82) is 0 Å². The Hall–Kier alpha value is 1.73. The Balaban J connectivity index is 0. The van der Waals surface area contributed by atoms with Gasteiger partial charge in [0.05, 0.1) is 0 Å². The van der Waals surface area contributed by atoms with E-state index in [0.29, 0.717) is 0 Å². The molecule has 0 aromatic rings. The average molecular weight is 325 g/mol. The molecule has 1 atom stereocenters. The lowest BCUT2D eigenvalue weighted by molar-refractivity contribution is 0.460. The van der Waals surface area contributed by atoms with Crippen LogP contribution in [0, 0.1) is 18.8 Å². The molecule has 0 nitrogen and oxygen atoms in total. The highest BCUT2D eigenvalue weighted by Gasteiger charge is 1.99. The van der Waals surface area contributed by atoms with Crippen molar-refractivity contribution in [2.75, 3.05) is 0 Å².